The average Bonchev–Trinajstić information content (AvgIpc) is 3.45. The zero-order chi connectivity index (χ0) is 28.2. The van der Waals surface area contributed by atoms with Crippen LogP contribution in [0.25, 0.3) is 17.2 Å². The van der Waals surface area contributed by atoms with Crippen molar-refractivity contribution in [3.63, 3.8) is 0 Å². The summed E-state index contributed by atoms with van der Waals surface area (Å²) in [5.41, 5.74) is 5.85. The molecule has 39 heavy (non-hydrogen) atoms. The van der Waals surface area contributed by atoms with E-state index in [1.54, 1.807) is 19.1 Å². The van der Waals surface area contributed by atoms with Crippen molar-refractivity contribution >= 4 is 23.2 Å². The highest BCUT2D eigenvalue weighted by molar-refractivity contribution is 6.09. The van der Waals surface area contributed by atoms with Crippen molar-refractivity contribution in [2.24, 2.45) is 0 Å². The lowest BCUT2D eigenvalue weighted by Crippen LogP contribution is -2.36. The quantitative estimate of drug-likeness (QED) is 0.332. The van der Waals surface area contributed by atoms with Gasteiger partial charge in [0.05, 0.1) is 17.9 Å². The topological polar surface area (TPSA) is 133 Å². The summed E-state index contributed by atoms with van der Waals surface area (Å²) < 4.78 is 72.1. The van der Waals surface area contributed by atoms with Crippen LogP contribution < -0.4 is 15.8 Å². The number of nitrogens with one attached hydrogen (secondary N) is 1. The first-order chi connectivity index (χ1) is 18.3. The van der Waals surface area contributed by atoms with Crippen molar-refractivity contribution < 1.29 is 31.5 Å². The van der Waals surface area contributed by atoms with Gasteiger partial charge < -0.3 is 20.2 Å². The van der Waals surface area contributed by atoms with Crippen molar-refractivity contribution in [2.45, 2.75) is 44.2 Å². The van der Waals surface area contributed by atoms with Crippen LogP contribution in [-0.4, -0.2) is 53.9 Å². The van der Waals surface area contributed by atoms with Gasteiger partial charge in [-0.2, -0.15) is 22.0 Å². The third-order valence-corrected chi connectivity index (χ3v) is 6.49. The standard InChI is InChI=1S/C24H21F5N8O2/c1-3-39-15-5-4-12(10-32-15)22(2)16-17(30)34-18(35-19(16)36-21(22)38)14-11-37-9-8-31-20(37)13(33-14)6-7-23(25,26)24(27,28)29/h4-5,8-11H,3,6-7H2,1-2H3,(H3,30,34,35,36,38). The Bertz CT molecular complexity index is 1570. The number of alkyl halides is 5. The molecule has 1 aliphatic heterocycles. The number of fused-ring (bicyclic) bond motifs is 2. The predicted octanol–water partition coefficient (Wildman–Crippen LogP) is 3.95. The molecule has 0 spiro atoms. The van der Waals surface area contributed by atoms with Crippen molar-refractivity contribution in [2.75, 3.05) is 17.7 Å². The summed E-state index contributed by atoms with van der Waals surface area (Å²) in [7, 11) is 0. The number of carbonyl (C=O) groups excluding carboxylic acids is 1. The van der Waals surface area contributed by atoms with Gasteiger partial charge in [0.1, 0.15) is 22.7 Å². The van der Waals surface area contributed by atoms with Crippen molar-refractivity contribution in [3.05, 3.63) is 53.7 Å². The summed E-state index contributed by atoms with van der Waals surface area (Å²) in [6.07, 6.45) is -2.20. The fraction of sp³-hybridized carbons (Fsp3) is 0.333. The third kappa shape index (κ3) is 4.36. The molecule has 15 heteroatoms. The van der Waals surface area contributed by atoms with Gasteiger partial charge in [-0.05, 0) is 25.8 Å². The van der Waals surface area contributed by atoms with Crippen LogP contribution in [0.3, 0.4) is 0 Å². The van der Waals surface area contributed by atoms with E-state index in [1.165, 1.54) is 29.2 Å². The first-order valence-corrected chi connectivity index (χ1v) is 11.7. The largest absolute Gasteiger partial charge is 0.478 e. The molecule has 10 nitrogen and oxygen atoms in total. The molecule has 1 aliphatic rings. The van der Waals surface area contributed by atoms with Crippen LogP contribution in [0.2, 0.25) is 0 Å². The molecule has 1 amide bonds. The molecule has 0 bridgehead atoms. The monoisotopic (exact) mass is 548 g/mol. The Balaban J connectivity index is 1.54. The SMILES string of the molecule is CCOc1ccc(C2(C)C(=O)Nc3nc(-c4cn5ccnc5c(CCC(F)(F)C(F)(F)F)n4)nc(N)c32)cn1. The second-order valence-electron chi connectivity index (χ2n) is 8.99. The van der Waals surface area contributed by atoms with Crippen LogP contribution in [0.1, 0.15) is 37.1 Å². The highest BCUT2D eigenvalue weighted by Crippen LogP contribution is 2.45. The zero-order valence-corrected chi connectivity index (χ0v) is 20.6. The van der Waals surface area contributed by atoms with Gasteiger partial charge in [-0.1, -0.05) is 6.07 Å². The Kier molecular flexibility index (Phi) is 6.11. The molecule has 0 saturated carbocycles. The second-order valence-corrected chi connectivity index (χ2v) is 8.99. The number of hydrogen-bond donors (Lipinski definition) is 2. The number of hydrogen-bond acceptors (Lipinski definition) is 8. The van der Waals surface area contributed by atoms with E-state index in [1.807, 2.05) is 6.92 Å². The Morgan fingerprint density at radius 2 is 1.90 bits per heavy atom. The molecule has 3 N–H and O–H groups in total. The maximum Gasteiger partial charge on any atom is 0.453 e. The van der Waals surface area contributed by atoms with Crippen LogP contribution in [0.4, 0.5) is 33.6 Å². The maximum atomic E-state index is 13.6. The van der Waals surface area contributed by atoms with E-state index in [2.05, 4.69) is 30.2 Å². The van der Waals surface area contributed by atoms with Gasteiger partial charge in [0, 0.05) is 37.3 Å². The van der Waals surface area contributed by atoms with Crippen LogP contribution in [0.5, 0.6) is 5.88 Å². The molecule has 1 atom stereocenters. The number of ether oxygens (including phenoxy) is 1. The first kappa shape index (κ1) is 26.2. The summed E-state index contributed by atoms with van der Waals surface area (Å²) in [4.78, 5) is 34.3. The molecule has 4 aromatic rings. The summed E-state index contributed by atoms with van der Waals surface area (Å²) >= 11 is 0. The van der Waals surface area contributed by atoms with E-state index in [-0.39, 0.29) is 34.5 Å². The van der Waals surface area contributed by atoms with Crippen LogP contribution >= 0.6 is 0 Å². The van der Waals surface area contributed by atoms with Crippen LogP contribution in [-0.2, 0) is 16.6 Å². The fourth-order valence-corrected chi connectivity index (χ4v) is 4.40. The van der Waals surface area contributed by atoms with Gasteiger partial charge in [-0.15, -0.1) is 0 Å². The van der Waals surface area contributed by atoms with Gasteiger partial charge >= 0.3 is 12.1 Å². The molecule has 0 radical (unpaired) electrons. The summed E-state index contributed by atoms with van der Waals surface area (Å²) in [5.74, 6) is -4.98. The minimum atomic E-state index is -5.70. The Hall–Kier alpha value is -4.43. The Labute approximate surface area is 217 Å². The summed E-state index contributed by atoms with van der Waals surface area (Å²) in [5, 5.41) is 2.69. The molecule has 204 valence electrons. The van der Waals surface area contributed by atoms with E-state index in [0.717, 1.165) is 0 Å². The molecule has 5 rings (SSSR count). The maximum absolute atomic E-state index is 13.6. The fourth-order valence-electron chi connectivity index (χ4n) is 4.40. The minimum absolute atomic E-state index is 0.0333. The smallest absolute Gasteiger partial charge is 0.453 e. The number of nitrogen functional groups attached to an aromatic ring is 1. The van der Waals surface area contributed by atoms with Gasteiger partial charge in [0.2, 0.25) is 11.8 Å². The number of halogens is 5. The molecule has 0 fully saturated rings. The second kappa shape index (κ2) is 9.10. The number of aryl methyl sites for hydroxylation is 1. The molecule has 5 heterocycles. The highest BCUT2D eigenvalue weighted by Gasteiger charge is 2.56. The van der Waals surface area contributed by atoms with Crippen molar-refractivity contribution in [1.29, 1.82) is 0 Å². The molecule has 0 aliphatic carbocycles. The Morgan fingerprint density at radius 3 is 2.56 bits per heavy atom. The summed E-state index contributed by atoms with van der Waals surface area (Å²) in [6, 6.07) is 3.30. The molecular weight excluding hydrogens is 527 g/mol. The number of imidazole rings is 1. The van der Waals surface area contributed by atoms with Gasteiger partial charge in [0.15, 0.2) is 11.5 Å². The number of rotatable bonds is 7. The highest BCUT2D eigenvalue weighted by atomic mass is 19.4. The van der Waals surface area contributed by atoms with Crippen LogP contribution in [0, 0.1) is 0 Å². The van der Waals surface area contributed by atoms with E-state index in [9.17, 15) is 26.7 Å². The van der Waals surface area contributed by atoms with E-state index < -0.39 is 36.3 Å². The number of anilines is 2. The van der Waals surface area contributed by atoms with E-state index in [4.69, 9.17) is 10.5 Å². The third-order valence-electron chi connectivity index (χ3n) is 6.49. The normalized spacial score (nSPS) is 17.4. The molecular formula is C24H21F5N8O2. The summed E-state index contributed by atoms with van der Waals surface area (Å²) in [6.45, 7) is 3.87. The van der Waals surface area contributed by atoms with E-state index in [0.29, 0.717) is 23.6 Å². The number of nitrogens with two attached hydrogens (primary N) is 1. The average molecular weight is 548 g/mol. The lowest BCUT2D eigenvalue weighted by Gasteiger charge is -2.23. The van der Waals surface area contributed by atoms with Crippen molar-refractivity contribution in [3.8, 4) is 17.4 Å². The lowest BCUT2D eigenvalue weighted by molar-refractivity contribution is -0.284. The number of aromatic nitrogens is 6. The lowest BCUT2D eigenvalue weighted by atomic mass is 9.78. The molecule has 0 aromatic carbocycles. The molecule has 1 unspecified atom stereocenters. The van der Waals surface area contributed by atoms with Crippen LogP contribution in [0.15, 0.2) is 36.9 Å². The van der Waals surface area contributed by atoms with Gasteiger partial charge in [-0.25, -0.2) is 24.9 Å². The Morgan fingerprint density at radius 1 is 1.13 bits per heavy atom. The minimum Gasteiger partial charge on any atom is -0.478 e. The van der Waals surface area contributed by atoms with E-state index >= 15 is 0 Å². The number of amides is 1. The molecule has 0 saturated heterocycles. The molecule has 4 aromatic heterocycles. The predicted molar refractivity (Wildman–Crippen MR) is 128 cm³/mol. The zero-order valence-electron chi connectivity index (χ0n) is 20.6. The van der Waals surface area contributed by atoms with Gasteiger partial charge in [-0.3, -0.25) is 4.79 Å². The van der Waals surface area contributed by atoms with Crippen molar-refractivity contribution in [1.82, 2.24) is 29.3 Å². The number of carbonyl (C=O) groups is 1. The first-order valence-electron chi connectivity index (χ1n) is 11.7. The number of nitrogens with zero attached hydrogens (tertiary/aromatic N) is 6. The van der Waals surface area contributed by atoms with Gasteiger partial charge in [0.25, 0.3) is 0 Å². The number of pyridine rings is 1.